The summed E-state index contributed by atoms with van der Waals surface area (Å²) in [6.07, 6.45) is 0. The van der Waals surface area contributed by atoms with Crippen LogP contribution < -0.4 is 4.90 Å². The molecule has 1 saturated heterocycles. The molecule has 0 aliphatic carbocycles. The molecule has 7 heteroatoms. The number of likely N-dealkylation sites (N-methyl/N-ethyl adjacent to an activating group) is 1. The van der Waals surface area contributed by atoms with E-state index in [9.17, 15) is 13.2 Å². The zero-order valence-corrected chi connectivity index (χ0v) is 17.2. The molecular formula is C21H27N3O3S. The first-order chi connectivity index (χ1) is 13.4. The molecule has 1 atom stereocenters. The summed E-state index contributed by atoms with van der Waals surface area (Å²) in [6.45, 7) is 6.28. The van der Waals surface area contributed by atoms with E-state index in [1.807, 2.05) is 44.2 Å². The quantitative estimate of drug-likeness (QED) is 0.746. The summed E-state index contributed by atoms with van der Waals surface area (Å²) in [4.78, 5) is 17.2. The molecule has 28 heavy (non-hydrogen) atoms. The maximum absolute atomic E-state index is 13.0. The summed E-state index contributed by atoms with van der Waals surface area (Å²) in [7, 11) is -3.48. The van der Waals surface area contributed by atoms with Crippen LogP contribution in [-0.4, -0.2) is 62.3 Å². The van der Waals surface area contributed by atoms with E-state index >= 15 is 0 Å². The van der Waals surface area contributed by atoms with Crippen LogP contribution in [0.1, 0.15) is 13.8 Å². The van der Waals surface area contributed by atoms with Crippen molar-refractivity contribution in [3.8, 4) is 0 Å². The summed E-state index contributed by atoms with van der Waals surface area (Å²) in [5.74, 6) is 0.0352. The van der Waals surface area contributed by atoms with Gasteiger partial charge in [0, 0.05) is 38.4 Å². The Labute approximate surface area is 167 Å². The minimum atomic E-state index is -3.48. The zero-order chi connectivity index (χ0) is 20.1. The molecule has 2 aromatic carbocycles. The van der Waals surface area contributed by atoms with E-state index in [1.54, 1.807) is 35.2 Å². The molecule has 6 nitrogen and oxygen atoms in total. The first-order valence-electron chi connectivity index (χ1n) is 9.61. The van der Waals surface area contributed by atoms with Gasteiger partial charge in [0.1, 0.15) is 0 Å². The maximum atomic E-state index is 13.0. The van der Waals surface area contributed by atoms with E-state index in [0.717, 1.165) is 5.69 Å². The van der Waals surface area contributed by atoms with Gasteiger partial charge in [0.25, 0.3) is 0 Å². The summed E-state index contributed by atoms with van der Waals surface area (Å²) >= 11 is 0. The number of anilines is 1. The number of carbonyl (C=O) groups is 1. The second-order valence-electron chi connectivity index (χ2n) is 6.85. The Bertz CT molecular complexity index is 880. The monoisotopic (exact) mass is 401 g/mol. The summed E-state index contributed by atoms with van der Waals surface area (Å²) in [5, 5.41) is 0. The van der Waals surface area contributed by atoms with E-state index in [-0.39, 0.29) is 11.9 Å². The van der Waals surface area contributed by atoms with Gasteiger partial charge in [0.15, 0.2) is 0 Å². The zero-order valence-electron chi connectivity index (χ0n) is 16.4. The van der Waals surface area contributed by atoms with Crippen LogP contribution in [0.15, 0.2) is 65.6 Å². The fraction of sp³-hybridized carbons (Fsp3) is 0.381. The highest BCUT2D eigenvalue weighted by Gasteiger charge is 2.33. The Morgan fingerprint density at radius 3 is 2.04 bits per heavy atom. The highest BCUT2D eigenvalue weighted by molar-refractivity contribution is 7.89. The minimum absolute atomic E-state index is 0.0352. The topological polar surface area (TPSA) is 60.9 Å². The van der Waals surface area contributed by atoms with Gasteiger partial charge in [-0.2, -0.15) is 4.31 Å². The van der Waals surface area contributed by atoms with Gasteiger partial charge in [-0.15, -0.1) is 0 Å². The van der Waals surface area contributed by atoms with E-state index < -0.39 is 10.0 Å². The number of carbonyl (C=O) groups excluding carboxylic acids is 1. The van der Waals surface area contributed by atoms with Crippen LogP contribution >= 0.6 is 0 Å². The van der Waals surface area contributed by atoms with Crippen molar-refractivity contribution in [2.75, 3.05) is 37.6 Å². The molecule has 0 N–H and O–H groups in total. The highest BCUT2D eigenvalue weighted by Crippen LogP contribution is 2.20. The van der Waals surface area contributed by atoms with Crippen molar-refractivity contribution in [2.45, 2.75) is 24.8 Å². The van der Waals surface area contributed by atoms with Gasteiger partial charge in [-0.25, -0.2) is 8.42 Å². The molecule has 0 spiro atoms. The van der Waals surface area contributed by atoms with Crippen LogP contribution in [0.25, 0.3) is 0 Å². The number of nitrogens with zero attached hydrogens (tertiary/aromatic N) is 3. The van der Waals surface area contributed by atoms with Crippen molar-refractivity contribution in [3.05, 3.63) is 60.7 Å². The molecule has 1 aliphatic rings. The Morgan fingerprint density at radius 1 is 0.964 bits per heavy atom. The molecule has 0 bridgehead atoms. The molecule has 1 fully saturated rings. The van der Waals surface area contributed by atoms with E-state index in [1.165, 1.54) is 4.31 Å². The lowest BCUT2D eigenvalue weighted by Crippen LogP contribution is -2.55. The number of benzene rings is 2. The molecule has 0 unspecified atom stereocenters. The Kier molecular flexibility index (Phi) is 6.49. The number of hydrogen-bond donors (Lipinski definition) is 0. The van der Waals surface area contributed by atoms with Crippen LogP contribution in [0.3, 0.4) is 0 Å². The number of piperazine rings is 1. The van der Waals surface area contributed by atoms with Crippen molar-refractivity contribution in [3.63, 3.8) is 0 Å². The van der Waals surface area contributed by atoms with E-state index in [0.29, 0.717) is 37.6 Å². The van der Waals surface area contributed by atoms with Gasteiger partial charge in [0.2, 0.25) is 15.9 Å². The van der Waals surface area contributed by atoms with Crippen LogP contribution in [0.5, 0.6) is 0 Å². The largest absolute Gasteiger partial charge is 0.311 e. The number of sulfonamides is 1. The van der Waals surface area contributed by atoms with Gasteiger partial charge in [-0.05, 0) is 38.1 Å². The smallest absolute Gasteiger partial charge is 0.244 e. The summed E-state index contributed by atoms with van der Waals surface area (Å²) in [6, 6.07) is 17.8. The highest BCUT2D eigenvalue weighted by atomic mass is 32.2. The summed E-state index contributed by atoms with van der Waals surface area (Å²) < 4.78 is 27.0. The lowest BCUT2D eigenvalue weighted by molar-refractivity contribution is -0.123. The van der Waals surface area contributed by atoms with Gasteiger partial charge >= 0.3 is 0 Å². The normalized spacial score (nSPS) is 17.2. The third-order valence-electron chi connectivity index (χ3n) is 5.21. The standard InChI is InChI=1S/C21H27N3O3S/c1-3-24(19-10-6-4-7-11-19)21(25)18(2)22-14-16-23(17-15-22)28(26,27)20-12-8-5-9-13-20/h4-13,18H,3,14-17H2,1-2H3/t18-/m1/s1. The molecule has 0 radical (unpaired) electrons. The Hall–Kier alpha value is -2.22. The molecule has 150 valence electrons. The lowest BCUT2D eigenvalue weighted by atomic mass is 10.2. The number of amides is 1. The average Bonchev–Trinajstić information content (AvgIpc) is 2.75. The third-order valence-corrected chi connectivity index (χ3v) is 7.12. The van der Waals surface area contributed by atoms with Gasteiger partial charge in [-0.1, -0.05) is 36.4 Å². The van der Waals surface area contributed by atoms with Crippen molar-refractivity contribution in [1.29, 1.82) is 0 Å². The van der Waals surface area contributed by atoms with Crippen molar-refractivity contribution in [1.82, 2.24) is 9.21 Å². The molecule has 1 heterocycles. The molecule has 0 aromatic heterocycles. The third kappa shape index (κ3) is 4.27. The van der Waals surface area contributed by atoms with Crippen molar-refractivity contribution >= 4 is 21.6 Å². The van der Waals surface area contributed by atoms with Crippen LogP contribution in [-0.2, 0) is 14.8 Å². The Balaban J connectivity index is 1.65. The predicted octanol–water partition coefficient (Wildman–Crippen LogP) is 2.43. The SMILES string of the molecule is CCN(C(=O)[C@@H](C)N1CCN(S(=O)(=O)c2ccccc2)CC1)c1ccccc1. The van der Waals surface area contributed by atoms with Crippen LogP contribution in [0, 0.1) is 0 Å². The molecule has 2 aromatic rings. The van der Waals surface area contributed by atoms with Crippen LogP contribution in [0.2, 0.25) is 0 Å². The fourth-order valence-electron chi connectivity index (χ4n) is 3.53. The fourth-order valence-corrected chi connectivity index (χ4v) is 4.97. The average molecular weight is 402 g/mol. The number of hydrogen-bond acceptors (Lipinski definition) is 4. The molecule has 1 aliphatic heterocycles. The first-order valence-corrected chi connectivity index (χ1v) is 11.0. The molecule has 3 rings (SSSR count). The Morgan fingerprint density at radius 2 is 1.50 bits per heavy atom. The lowest BCUT2D eigenvalue weighted by Gasteiger charge is -2.38. The molecule has 0 saturated carbocycles. The van der Waals surface area contributed by atoms with Crippen LogP contribution in [0.4, 0.5) is 5.69 Å². The van der Waals surface area contributed by atoms with Gasteiger partial charge in [0.05, 0.1) is 10.9 Å². The first kappa shape index (κ1) is 20.5. The van der Waals surface area contributed by atoms with E-state index in [4.69, 9.17) is 0 Å². The van der Waals surface area contributed by atoms with Crippen molar-refractivity contribution < 1.29 is 13.2 Å². The number of rotatable bonds is 6. The van der Waals surface area contributed by atoms with E-state index in [2.05, 4.69) is 4.90 Å². The number of para-hydroxylation sites is 1. The van der Waals surface area contributed by atoms with Gasteiger partial charge in [-0.3, -0.25) is 9.69 Å². The minimum Gasteiger partial charge on any atom is -0.311 e. The molecule has 1 amide bonds. The predicted molar refractivity (Wildman–Crippen MR) is 111 cm³/mol. The second-order valence-corrected chi connectivity index (χ2v) is 8.79. The summed E-state index contributed by atoms with van der Waals surface area (Å²) in [5.41, 5.74) is 0.882. The van der Waals surface area contributed by atoms with Crippen molar-refractivity contribution in [2.24, 2.45) is 0 Å². The molecular weight excluding hydrogens is 374 g/mol. The van der Waals surface area contributed by atoms with Gasteiger partial charge < -0.3 is 4.90 Å². The maximum Gasteiger partial charge on any atom is 0.244 e. The second kappa shape index (κ2) is 8.86.